The Morgan fingerprint density at radius 2 is 2.06 bits per heavy atom. The van der Waals surface area contributed by atoms with Gasteiger partial charge < -0.3 is 5.32 Å². The van der Waals surface area contributed by atoms with Crippen LogP contribution in [-0.2, 0) is 20.8 Å². The molecule has 1 aromatic rings. The summed E-state index contributed by atoms with van der Waals surface area (Å²) >= 11 is 1.61. The summed E-state index contributed by atoms with van der Waals surface area (Å²) in [7, 11) is 0. The van der Waals surface area contributed by atoms with Gasteiger partial charge in [0.25, 0.3) is 0 Å². The maximum atomic E-state index is 11.6. The molecule has 0 aliphatic carbocycles. The molecule has 1 saturated heterocycles. The zero-order chi connectivity index (χ0) is 13.0. The lowest BCUT2D eigenvalue weighted by Gasteiger charge is -2.13. The van der Waals surface area contributed by atoms with Gasteiger partial charge >= 0.3 is 0 Å². The van der Waals surface area contributed by atoms with Crippen LogP contribution in [0.1, 0.15) is 18.4 Å². The van der Waals surface area contributed by atoms with E-state index in [9.17, 15) is 14.4 Å². The van der Waals surface area contributed by atoms with E-state index < -0.39 is 0 Å². The number of hydrogen-bond acceptors (Lipinski definition) is 4. The van der Waals surface area contributed by atoms with E-state index in [1.165, 1.54) is 5.56 Å². The molecule has 0 spiro atoms. The van der Waals surface area contributed by atoms with Crippen molar-refractivity contribution >= 4 is 29.1 Å². The van der Waals surface area contributed by atoms with Gasteiger partial charge in [-0.2, -0.15) is 11.3 Å². The molecule has 2 rings (SSSR count). The third kappa shape index (κ3) is 3.16. The predicted molar refractivity (Wildman–Crippen MR) is 67.0 cm³/mol. The minimum atomic E-state index is -0.283. The van der Waals surface area contributed by atoms with E-state index in [4.69, 9.17) is 0 Å². The molecule has 3 amide bonds. The summed E-state index contributed by atoms with van der Waals surface area (Å²) in [6.45, 7) is 0.368. The SMILES string of the molecule is O=C(CN1C(=O)CCC1=O)NCCc1ccsc1. The molecule has 18 heavy (non-hydrogen) atoms. The highest BCUT2D eigenvalue weighted by Crippen LogP contribution is 2.10. The maximum absolute atomic E-state index is 11.6. The number of imide groups is 1. The fraction of sp³-hybridized carbons (Fsp3) is 0.417. The number of nitrogens with one attached hydrogen (secondary N) is 1. The Labute approximate surface area is 109 Å². The third-order valence-electron chi connectivity index (χ3n) is 2.77. The summed E-state index contributed by atoms with van der Waals surface area (Å²) in [4.78, 5) is 35.2. The number of likely N-dealkylation sites (tertiary alicyclic amines) is 1. The van der Waals surface area contributed by atoms with Gasteiger partial charge in [-0.1, -0.05) is 0 Å². The first-order valence-electron chi connectivity index (χ1n) is 5.78. The second-order valence-electron chi connectivity index (χ2n) is 4.11. The quantitative estimate of drug-likeness (QED) is 0.792. The zero-order valence-corrected chi connectivity index (χ0v) is 10.7. The minimum absolute atomic E-state index is 0.151. The Morgan fingerprint density at radius 1 is 1.33 bits per heavy atom. The molecule has 1 fully saturated rings. The van der Waals surface area contributed by atoms with Crippen LogP contribution in [0.4, 0.5) is 0 Å². The maximum Gasteiger partial charge on any atom is 0.240 e. The Hall–Kier alpha value is -1.69. The number of thiophene rings is 1. The monoisotopic (exact) mass is 266 g/mol. The van der Waals surface area contributed by atoms with Crippen LogP contribution < -0.4 is 5.32 Å². The van der Waals surface area contributed by atoms with E-state index in [2.05, 4.69) is 5.32 Å². The predicted octanol–water partition coefficient (Wildman–Crippen LogP) is 0.556. The number of carbonyl (C=O) groups is 3. The summed E-state index contributed by atoms with van der Waals surface area (Å²) in [5, 5.41) is 6.72. The number of nitrogens with zero attached hydrogens (tertiary/aromatic N) is 1. The van der Waals surface area contributed by atoms with Crippen molar-refractivity contribution in [2.75, 3.05) is 13.1 Å². The van der Waals surface area contributed by atoms with E-state index in [0.29, 0.717) is 6.54 Å². The van der Waals surface area contributed by atoms with Crippen LogP contribution in [0.5, 0.6) is 0 Å². The van der Waals surface area contributed by atoms with Gasteiger partial charge in [0.2, 0.25) is 17.7 Å². The van der Waals surface area contributed by atoms with Gasteiger partial charge in [0.1, 0.15) is 6.54 Å². The Bertz CT molecular complexity index is 440. The lowest BCUT2D eigenvalue weighted by Crippen LogP contribution is -2.40. The normalized spacial score (nSPS) is 15.2. The van der Waals surface area contributed by atoms with Crippen LogP contribution >= 0.6 is 11.3 Å². The van der Waals surface area contributed by atoms with Crippen molar-refractivity contribution in [3.05, 3.63) is 22.4 Å². The molecule has 6 heteroatoms. The zero-order valence-electron chi connectivity index (χ0n) is 9.85. The van der Waals surface area contributed by atoms with E-state index >= 15 is 0 Å². The molecule has 0 saturated carbocycles. The molecule has 2 heterocycles. The van der Waals surface area contributed by atoms with E-state index in [-0.39, 0.29) is 37.1 Å². The second kappa shape index (κ2) is 5.77. The van der Waals surface area contributed by atoms with Crippen LogP contribution in [-0.4, -0.2) is 35.7 Å². The van der Waals surface area contributed by atoms with Crippen LogP contribution in [0.2, 0.25) is 0 Å². The molecule has 1 aliphatic heterocycles. The van der Waals surface area contributed by atoms with E-state index in [0.717, 1.165) is 11.3 Å². The van der Waals surface area contributed by atoms with Crippen LogP contribution in [0.15, 0.2) is 16.8 Å². The molecule has 1 aromatic heterocycles. The fourth-order valence-electron chi connectivity index (χ4n) is 1.78. The van der Waals surface area contributed by atoms with Crippen LogP contribution in [0, 0.1) is 0 Å². The number of hydrogen-bond donors (Lipinski definition) is 1. The average Bonchev–Trinajstić information content (AvgIpc) is 2.94. The summed E-state index contributed by atoms with van der Waals surface area (Å²) in [5.41, 5.74) is 1.17. The van der Waals surface area contributed by atoms with Gasteiger partial charge in [-0.25, -0.2) is 0 Å². The van der Waals surface area contributed by atoms with Gasteiger partial charge in [0.15, 0.2) is 0 Å². The van der Waals surface area contributed by atoms with E-state index in [1.807, 2.05) is 16.8 Å². The molecule has 1 aliphatic rings. The first-order chi connectivity index (χ1) is 8.66. The first kappa shape index (κ1) is 12.8. The first-order valence-corrected chi connectivity index (χ1v) is 6.72. The highest BCUT2D eigenvalue weighted by atomic mass is 32.1. The van der Waals surface area contributed by atoms with Gasteiger partial charge in [0, 0.05) is 19.4 Å². The largest absolute Gasteiger partial charge is 0.354 e. The highest BCUT2D eigenvalue weighted by molar-refractivity contribution is 7.07. The van der Waals surface area contributed by atoms with Crippen molar-refractivity contribution in [2.24, 2.45) is 0 Å². The smallest absolute Gasteiger partial charge is 0.240 e. The number of rotatable bonds is 5. The molecule has 0 radical (unpaired) electrons. The molecule has 0 unspecified atom stereocenters. The van der Waals surface area contributed by atoms with Crippen molar-refractivity contribution in [3.8, 4) is 0 Å². The Balaban J connectivity index is 1.72. The van der Waals surface area contributed by atoms with Crippen molar-refractivity contribution in [1.29, 1.82) is 0 Å². The van der Waals surface area contributed by atoms with Crippen LogP contribution in [0.3, 0.4) is 0 Å². The average molecular weight is 266 g/mol. The summed E-state index contributed by atoms with van der Waals surface area (Å²) in [6.07, 6.45) is 1.21. The van der Waals surface area contributed by atoms with Gasteiger partial charge in [-0.3, -0.25) is 19.3 Å². The van der Waals surface area contributed by atoms with E-state index in [1.54, 1.807) is 11.3 Å². The van der Waals surface area contributed by atoms with Crippen molar-refractivity contribution < 1.29 is 14.4 Å². The van der Waals surface area contributed by atoms with Crippen LogP contribution in [0.25, 0.3) is 0 Å². The lowest BCUT2D eigenvalue weighted by atomic mass is 10.2. The van der Waals surface area contributed by atoms with Gasteiger partial charge in [0.05, 0.1) is 0 Å². The molecule has 0 bridgehead atoms. The number of amides is 3. The fourth-order valence-corrected chi connectivity index (χ4v) is 2.48. The standard InChI is InChI=1S/C12H14N2O3S/c15-10(7-14-11(16)1-2-12(14)17)13-5-3-9-4-6-18-8-9/h4,6,8H,1-3,5,7H2,(H,13,15). The second-order valence-corrected chi connectivity index (χ2v) is 4.89. The lowest BCUT2D eigenvalue weighted by molar-refractivity contribution is -0.142. The van der Waals surface area contributed by atoms with Crippen molar-refractivity contribution in [1.82, 2.24) is 10.2 Å². The van der Waals surface area contributed by atoms with Gasteiger partial charge in [-0.05, 0) is 28.8 Å². The number of carbonyl (C=O) groups excluding carboxylic acids is 3. The van der Waals surface area contributed by atoms with Crippen molar-refractivity contribution in [2.45, 2.75) is 19.3 Å². The summed E-state index contributed by atoms with van der Waals surface area (Å²) in [5.74, 6) is -0.796. The summed E-state index contributed by atoms with van der Waals surface area (Å²) < 4.78 is 0. The molecular weight excluding hydrogens is 252 g/mol. The highest BCUT2D eigenvalue weighted by Gasteiger charge is 2.30. The summed E-state index contributed by atoms with van der Waals surface area (Å²) in [6, 6.07) is 2.00. The van der Waals surface area contributed by atoms with Gasteiger partial charge in [-0.15, -0.1) is 0 Å². The topological polar surface area (TPSA) is 66.5 Å². The van der Waals surface area contributed by atoms with Crippen molar-refractivity contribution in [3.63, 3.8) is 0 Å². The minimum Gasteiger partial charge on any atom is -0.354 e. The molecule has 0 atom stereocenters. The molecule has 96 valence electrons. The Morgan fingerprint density at radius 3 is 2.67 bits per heavy atom. The Kier molecular flexibility index (Phi) is 4.09. The molecule has 5 nitrogen and oxygen atoms in total. The molecular formula is C12H14N2O3S. The third-order valence-corrected chi connectivity index (χ3v) is 3.50. The molecule has 0 aromatic carbocycles. The molecule has 1 N–H and O–H groups in total.